The van der Waals surface area contributed by atoms with E-state index in [0.29, 0.717) is 6.04 Å². The molecule has 1 saturated heterocycles. The molecule has 0 amide bonds. The van der Waals surface area contributed by atoms with E-state index in [2.05, 4.69) is 38.3 Å². The highest BCUT2D eigenvalue weighted by Crippen LogP contribution is 2.31. The van der Waals surface area contributed by atoms with Crippen molar-refractivity contribution in [1.82, 2.24) is 5.32 Å². The summed E-state index contributed by atoms with van der Waals surface area (Å²) in [5.74, 6) is 1.78. The Labute approximate surface area is 136 Å². The predicted molar refractivity (Wildman–Crippen MR) is 91.3 cm³/mol. The molecule has 116 valence electrons. The molecule has 1 aromatic rings. The van der Waals surface area contributed by atoms with Gasteiger partial charge in [-0.2, -0.15) is 0 Å². The minimum Gasteiger partial charge on any atom is -0.497 e. The van der Waals surface area contributed by atoms with Gasteiger partial charge in [0.1, 0.15) is 5.75 Å². The van der Waals surface area contributed by atoms with E-state index in [1.54, 1.807) is 7.11 Å². The standard InChI is InChI=1S/C17H25BrN2O/c1-21-16-10-14(18)9-15(11-16)20-8-7-19-17(12-20)13-5-3-2-4-6-13/h9-11,13,17,19H,2-8,12H2,1H3. The molecule has 3 rings (SSSR count). The van der Waals surface area contributed by atoms with Crippen molar-refractivity contribution in [3.63, 3.8) is 0 Å². The molecule has 1 N–H and O–H groups in total. The Kier molecular flexibility index (Phi) is 5.07. The van der Waals surface area contributed by atoms with E-state index in [0.717, 1.165) is 35.8 Å². The van der Waals surface area contributed by atoms with Crippen molar-refractivity contribution < 1.29 is 4.74 Å². The van der Waals surface area contributed by atoms with Crippen LogP contribution in [0.1, 0.15) is 32.1 Å². The molecule has 0 radical (unpaired) electrons. The van der Waals surface area contributed by atoms with Crippen LogP contribution in [0.25, 0.3) is 0 Å². The van der Waals surface area contributed by atoms with Gasteiger partial charge in [-0.05, 0) is 30.9 Å². The molecule has 1 heterocycles. The lowest BCUT2D eigenvalue weighted by atomic mass is 9.83. The Balaban J connectivity index is 1.71. The number of nitrogens with one attached hydrogen (secondary N) is 1. The van der Waals surface area contributed by atoms with Gasteiger partial charge < -0.3 is 15.0 Å². The second-order valence-electron chi connectivity index (χ2n) is 6.25. The number of hydrogen-bond acceptors (Lipinski definition) is 3. The van der Waals surface area contributed by atoms with E-state index in [1.807, 2.05) is 6.07 Å². The van der Waals surface area contributed by atoms with Crippen LogP contribution in [-0.2, 0) is 0 Å². The van der Waals surface area contributed by atoms with Gasteiger partial charge in [0.15, 0.2) is 0 Å². The molecule has 21 heavy (non-hydrogen) atoms. The summed E-state index contributed by atoms with van der Waals surface area (Å²) in [7, 11) is 1.73. The molecule has 1 aliphatic heterocycles. The van der Waals surface area contributed by atoms with Crippen LogP contribution in [-0.4, -0.2) is 32.8 Å². The third kappa shape index (κ3) is 3.72. The SMILES string of the molecule is COc1cc(Br)cc(N2CCNC(C3CCCCC3)C2)c1. The molecule has 1 aliphatic carbocycles. The molecule has 0 bridgehead atoms. The molecule has 3 nitrogen and oxygen atoms in total. The van der Waals surface area contributed by atoms with Gasteiger partial charge in [-0.1, -0.05) is 35.2 Å². The van der Waals surface area contributed by atoms with E-state index in [4.69, 9.17) is 4.74 Å². The van der Waals surface area contributed by atoms with Gasteiger partial charge in [0.25, 0.3) is 0 Å². The monoisotopic (exact) mass is 352 g/mol. The number of ether oxygens (including phenoxy) is 1. The predicted octanol–water partition coefficient (Wildman–Crippen LogP) is 3.82. The molecular weight excluding hydrogens is 328 g/mol. The van der Waals surface area contributed by atoms with Crippen molar-refractivity contribution in [1.29, 1.82) is 0 Å². The quantitative estimate of drug-likeness (QED) is 0.894. The minimum atomic E-state index is 0.643. The maximum absolute atomic E-state index is 5.40. The number of nitrogens with zero attached hydrogens (tertiary/aromatic N) is 1. The second kappa shape index (κ2) is 7.01. The molecule has 2 fully saturated rings. The molecule has 2 aliphatic rings. The summed E-state index contributed by atoms with van der Waals surface area (Å²) >= 11 is 3.59. The summed E-state index contributed by atoms with van der Waals surface area (Å²) in [4.78, 5) is 2.50. The highest BCUT2D eigenvalue weighted by molar-refractivity contribution is 9.10. The molecule has 4 heteroatoms. The van der Waals surface area contributed by atoms with Gasteiger partial charge in [-0.3, -0.25) is 0 Å². The molecule has 0 spiro atoms. The lowest BCUT2D eigenvalue weighted by Gasteiger charge is -2.40. The Hall–Kier alpha value is -0.740. The van der Waals surface area contributed by atoms with Crippen molar-refractivity contribution in [3.8, 4) is 5.75 Å². The highest BCUT2D eigenvalue weighted by Gasteiger charge is 2.28. The Morgan fingerprint density at radius 2 is 2.00 bits per heavy atom. The molecule has 1 unspecified atom stereocenters. The number of methoxy groups -OCH3 is 1. The second-order valence-corrected chi connectivity index (χ2v) is 7.17. The molecule has 1 saturated carbocycles. The lowest BCUT2D eigenvalue weighted by molar-refractivity contribution is 0.257. The Bertz CT molecular complexity index is 474. The summed E-state index contributed by atoms with van der Waals surface area (Å²) < 4.78 is 6.48. The number of rotatable bonds is 3. The summed E-state index contributed by atoms with van der Waals surface area (Å²) in [5, 5.41) is 3.75. The average Bonchev–Trinajstić information content (AvgIpc) is 2.55. The fourth-order valence-corrected chi connectivity index (χ4v) is 4.17. The topological polar surface area (TPSA) is 24.5 Å². The summed E-state index contributed by atoms with van der Waals surface area (Å²) in [6.45, 7) is 3.27. The van der Waals surface area contributed by atoms with Crippen LogP contribution in [0.2, 0.25) is 0 Å². The maximum atomic E-state index is 5.40. The van der Waals surface area contributed by atoms with Crippen LogP contribution in [0.5, 0.6) is 5.75 Å². The zero-order valence-electron chi connectivity index (χ0n) is 12.8. The van der Waals surface area contributed by atoms with Gasteiger partial charge in [-0.15, -0.1) is 0 Å². The molecule has 1 aromatic carbocycles. The lowest BCUT2D eigenvalue weighted by Crippen LogP contribution is -2.54. The summed E-state index contributed by atoms with van der Waals surface area (Å²) in [6.07, 6.45) is 7.04. The van der Waals surface area contributed by atoms with Crippen LogP contribution < -0.4 is 15.0 Å². The third-order valence-electron chi connectivity index (χ3n) is 4.88. The zero-order chi connectivity index (χ0) is 14.7. The smallest absolute Gasteiger partial charge is 0.122 e. The first-order chi connectivity index (χ1) is 10.3. The van der Waals surface area contributed by atoms with Crippen LogP contribution in [0.3, 0.4) is 0 Å². The zero-order valence-corrected chi connectivity index (χ0v) is 14.4. The molecular formula is C17H25BrN2O. The van der Waals surface area contributed by atoms with Crippen LogP contribution in [0, 0.1) is 5.92 Å². The molecule has 0 aromatic heterocycles. The van der Waals surface area contributed by atoms with Crippen molar-refractivity contribution in [2.45, 2.75) is 38.1 Å². The minimum absolute atomic E-state index is 0.643. The molecule has 1 atom stereocenters. The van der Waals surface area contributed by atoms with E-state index in [-0.39, 0.29) is 0 Å². The number of halogens is 1. The van der Waals surface area contributed by atoms with Gasteiger partial charge in [-0.25, -0.2) is 0 Å². The van der Waals surface area contributed by atoms with Crippen LogP contribution in [0.15, 0.2) is 22.7 Å². The fourth-order valence-electron chi connectivity index (χ4n) is 3.71. The van der Waals surface area contributed by atoms with Crippen molar-refractivity contribution in [3.05, 3.63) is 22.7 Å². The highest BCUT2D eigenvalue weighted by atomic mass is 79.9. The van der Waals surface area contributed by atoms with Crippen molar-refractivity contribution >= 4 is 21.6 Å². The number of hydrogen-bond donors (Lipinski definition) is 1. The summed E-state index contributed by atoms with van der Waals surface area (Å²) in [6, 6.07) is 7.01. The first-order valence-electron chi connectivity index (χ1n) is 8.09. The normalized spacial score (nSPS) is 24.1. The largest absolute Gasteiger partial charge is 0.497 e. The van der Waals surface area contributed by atoms with E-state index in [1.165, 1.54) is 37.8 Å². The van der Waals surface area contributed by atoms with Gasteiger partial charge >= 0.3 is 0 Å². The van der Waals surface area contributed by atoms with Crippen molar-refractivity contribution in [2.24, 2.45) is 5.92 Å². The number of benzene rings is 1. The van der Waals surface area contributed by atoms with Crippen LogP contribution >= 0.6 is 15.9 Å². The Morgan fingerprint density at radius 1 is 1.19 bits per heavy atom. The van der Waals surface area contributed by atoms with Gasteiger partial charge in [0.2, 0.25) is 0 Å². The van der Waals surface area contributed by atoms with E-state index in [9.17, 15) is 0 Å². The summed E-state index contributed by atoms with van der Waals surface area (Å²) in [5.41, 5.74) is 1.27. The van der Waals surface area contributed by atoms with Gasteiger partial charge in [0.05, 0.1) is 7.11 Å². The number of anilines is 1. The average molecular weight is 353 g/mol. The van der Waals surface area contributed by atoms with Crippen LogP contribution in [0.4, 0.5) is 5.69 Å². The first-order valence-corrected chi connectivity index (χ1v) is 8.88. The van der Waals surface area contributed by atoms with Crippen molar-refractivity contribution in [2.75, 3.05) is 31.6 Å². The Morgan fingerprint density at radius 3 is 2.76 bits per heavy atom. The third-order valence-corrected chi connectivity index (χ3v) is 5.34. The maximum Gasteiger partial charge on any atom is 0.122 e. The van der Waals surface area contributed by atoms with E-state index < -0.39 is 0 Å². The van der Waals surface area contributed by atoms with Gasteiger partial charge in [0, 0.05) is 41.9 Å². The fraction of sp³-hybridized carbons (Fsp3) is 0.647. The number of piperazine rings is 1. The first kappa shape index (κ1) is 15.2. The van der Waals surface area contributed by atoms with E-state index >= 15 is 0 Å².